The third-order valence-corrected chi connectivity index (χ3v) is 2.19. The summed E-state index contributed by atoms with van der Waals surface area (Å²) in [7, 11) is 0. The first-order valence-electron chi connectivity index (χ1n) is 3.79. The maximum atomic E-state index is 9.52. The van der Waals surface area contributed by atoms with Crippen LogP contribution in [0.15, 0.2) is 0 Å². The van der Waals surface area contributed by atoms with Crippen LogP contribution in [0.5, 0.6) is 0 Å². The highest BCUT2D eigenvalue weighted by atomic mass is 16.3. The van der Waals surface area contributed by atoms with Gasteiger partial charge < -0.3 is 10.8 Å². The molecular weight excluding hydrogens is 128 g/mol. The summed E-state index contributed by atoms with van der Waals surface area (Å²) in [4.78, 5) is 2.15. The van der Waals surface area contributed by atoms with E-state index in [-0.39, 0.29) is 0 Å². The van der Waals surface area contributed by atoms with Crippen molar-refractivity contribution in [3.8, 4) is 0 Å². The fraction of sp³-hybridized carbons (Fsp3) is 1.00. The molecule has 0 atom stereocenters. The minimum atomic E-state index is -0.439. The molecule has 3 N–H and O–H groups in total. The number of nitrogens with zero attached hydrogens (tertiary/aromatic N) is 1. The van der Waals surface area contributed by atoms with Gasteiger partial charge >= 0.3 is 0 Å². The Morgan fingerprint density at radius 3 is 2.40 bits per heavy atom. The van der Waals surface area contributed by atoms with E-state index in [1.165, 1.54) is 0 Å². The Hall–Kier alpha value is -0.120. The number of rotatable bonds is 1. The van der Waals surface area contributed by atoms with Gasteiger partial charge in [-0.3, -0.25) is 4.90 Å². The number of aliphatic hydroxyl groups is 1. The van der Waals surface area contributed by atoms with Crippen molar-refractivity contribution < 1.29 is 5.11 Å². The standard InChI is InChI=1S/C7H16N2O/c1-7(10)2-4-9(6-8)5-3-7/h10H,2-6,8H2,1H3. The number of hydrogen-bond donors (Lipinski definition) is 2. The molecule has 0 spiro atoms. The fourth-order valence-corrected chi connectivity index (χ4v) is 1.22. The van der Waals surface area contributed by atoms with Gasteiger partial charge in [-0.1, -0.05) is 0 Å². The quantitative estimate of drug-likeness (QED) is 0.533. The van der Waals surface area contributed by atoms with Crippen molar-refractivity contribution in [2.75, 3.05) is 19.8 Å². The van der Waals surface area contributed by atoms with E-state index in [2.05, 4.69) is 4.90 Å². The molecule has 1 rings (SSSR count). The van der Waals surface area contributed by atoms with Crippen molar-refractivity contribution >= 4 is 0 Å². The number of hydrogen-bond acceptors (Lipinski definition) is 3. The van der Waals surface area contributed by atoms with E-state index >= 15 is 0 Å². The zero-order valence-corrected chi connectivity index (χ0v) is 6.51. The molecule has 0 amide bonds. The lowest BCUT2D eigenvalue weighted by atomic mass is 9.94. The second-order valence-corrected chi connectivity index (χ2v) is 3.30. The van der Waals surface area contributed by atoms with Crippen LogP contribution in [0.3, 0.4) is 0 Å². The second kappa shape index (κ2) is 2.86. The van der Waals surface area contributed by atoms with Crippen LogP contribution >= 0.6 is 0 Å². The van der Waals surface area contributed by atoms with Crippen LogP contribution in [0.25, 0.3) is 0 Å². The van der Waals surface area contributed by atoms with Gasteiger partial charge in [0.05, 0.1) is 5.60 Å². The van der Waals surface area contributed by atoms with E-state index < -0.39 is 5.60 Å². The molecule has 1 heterocycles. The lowest BCUT2D eigenvalue weighted by Gasteiger charge is -2.34. The summed E-state index contributed by atoms with van der Waals surface area (Å²) in [5.74, 6) is 0. The molecule has 3 nitrogen and oxygen atoms in total. The van der Waals surface area contributed by atoms with Crippen LogP contribution in [0.1, 0.15) is 19.8 Å². The third kappa shape index (κ3) is 1.94. The normalized spacial score (nSPS) is 26.7. The molecule has 0 aromatic heterocycles. The lowest BCUT2D eigenvalue weighted by Crippen LogP contribution is -2.44. The molecule has 60 valence electrons. The van der Waals surface area contributed by atoms with Crippen LogP contribution in [0.4, 0.5) is 0 Å². The molecule has 0 saturated carbocycles. The van der Waals surface area contributed by atoms with Crippen molar-refractivity contribution in [3.05, 3.63) is 0 Å². The molecule has 0 aromatic carbocycles. The molecule has 0 aliphatic carbocycles. The molecule has 0 bridgehead atoms. The summed E-state index contributed by atoms with van der Waals surface area (Å²) in [5.41, 5.74) is 5.00. The van der Waals surface area contributed by atoms with E-state index in [0.29, 0.717) is 6.67 Å². The summed E-state index contributed by atoms with van der Waals surface area (Å²) >= 11 is 0. The number of nitrogens with two attached hydrogens (primary N) is 1. The lowest BCUT2D eigenvalue weighted by molar-refractivity contribution is -0.00457. The summed E-state index contributed by atoms with van der Waals surface area (Å²) in [5, 5.41) is 9.52. The highest BCUT2D eigenvalue weighted by Crippen LogP contribution is 2.19. The first-order chi connectivity index (χ1) is 4.64. The van der Waals surface area contributed by atoms with Gasteiger partial charge in [0.1, 0.15) is 0 Å². The average Bonchev–Trinajstić information content (AvgIpc) is 1.88. The Morgan fingerprint density at radius 2 is 2.00 bits per heavy atom. The van der Waals surface area contributed by atoms with Crippen molar-refractivity contribution in [2.45, 2.75) is 25.4 Å². The Bertz CT molecular complexity index is 104. The van der Waals surface area contributed by atoms with E-state index in [4.69, 9.17) is 5.73 Å². The maximum absolute atomic E-state index is 9.52. The molecule has 0 unspecified atom stereocenters. The predicted octanol–water partition coefficient (Wildman–Crippen LogP) is -0.251. The van der Waals surface area contributed by atoms with E-state index in [1.54, 1.807) is 0 Å². The monoisotopic (exact) mass is 144 g/mol. The maximum Gasteiger partial charge on any atom is 0.0644 e. The van der Waals surface area contributed by atoms with Crippen molar-refractivity contribution in [3.63, 3.8) is 0 Å². The summed E-state index contributed by atoms with van der Waals surface area (Å²) in [6, 6.07) is 0. The minimum absolute atomic E-state index is 0.439. The number of piperidine rings is 1. The van der Waals surface area contributed by atoms with Crippen molar-refractivity contribution in [2.24, 2.45) is 5.73 Å². The molecule has 0 aromatic rings. The number of likely N-dealkylation sites (tertiary alicyclic amines) is 1. The van der Waals surface area contributed by atoms with Crippen molar-refractivity contribution in [1.82, 2.24) is 4.90 Å². The predicted molar refractivity (Wildman–Crippen MR) is 40.5 cm³/mol. The average molecular weight is 144 g/mol. The Balaban J connectivity index is 2.31. The smallest absolute Gasteiger partial charge is 0.0644 e. The topological polar surface area (TPSA) is 49.5 Å². The third-order valence-electron chi connectivity index (χ3n) is 2.19. The molecule has 1 saturated heterocycles. The van der Waals surface area contributed by atoms with Crippen LogP contribution in [0.2, 0.25) is 0 Å². The zero-order chi connectivity index (χ0) is 7.61. The molecule has 10 heavy (non-hydrogen) atoms. The molecular formula is C7H16N2O. The summed E-state index contributed by atoms with van der Waals surface area (Å²) < 4.78 is 0. The van der Waals surface area contributed by atoms with Gasteiger partial charge in [0, 0.05) is 19.8 Å². The first kappa shape index (κ1) is 7.98. The van der Waals surface area contributed by atoms with Gasteiger partial charge in [0.2, 0.25) is 0 Å². The van der Waals surface area contributed by atoms with Gasteiger partial charge in [-0.05, 0) is 19.8 Å². The van der Waals surface area contributed by atoms with Crippen LogP contribution in [0, 0.1) is 0 Å². The molecule has 0 radical (unpaired) electrons. The van der Waals surface area contributed by atoms with E-state index in [1.807, 2.05) is 6.92 Å². The van der Waals surface area contributed by atoms with E-state index in [0.717, 1.165) is 25.9 Å². The summed E-state index contributed by atoms with van der Waals surface area (Å²) in [6.45, 7) is 4.38. The fourth-order valence-electron chi connectivity index (χ4n) is 1.22. The van der Waals surface area contributed by atoms with E-state index in [9.17, 15) is 5.11 Å². The highest BCUT2D eigenvalue weighted by Gasteiger charge is 2.26. The van der Waals surface area contributed by atoms with Gasteiger partial charge in [0.25, 0.3) is 0 Å². The zero-order valence-electron chi connectivity index (χ0n) is 6.51. The largest absolute Gasteiger partial charge is 0.390 e. The Morgan fingerprint density at radius 1 is 1.50 bits per heavy atom. The highest BCUT2D eigenvalue weighted by molar-refractivity contribution is 4.80. The van der Waals surface area contributed by atoms with Gasteiger partial charge in [-0.15, -0.1) is 0 Å². The second-order valence-electron chi connectivity index (χ2n) is 3.30. The van der Waals surface area contributed by atoms with Crippen molar-refractivity contribution in [1.29, 1.82) is 0 Å². The Labute approximate surface area is 61.8 Å². The Kier molecular flexibility index (Phi) is 2.28. The van der Waals surface area contributed by atoms with Gasteiger partial charge in [0.15, 0.2) is 0 Å². The molecule has 1 aliphatic rings. The van der Waals surface area contributed by atoms with Crippen LogP contribution in [-0.2, 0) is 0 Å². The minimum Gasteiger partial charge on any atom is -0.390 e. The SMILES string of the molecule is CC1(O)CCN(CN)CC1. The van der Waals surface area contributed by atoms with Crippen LogP contribution in [-0.4, -0.2) is 35.4 Å². The molecule has 1 aliphatic heterocycles. The van der Waals surface area contributed by atoms with Gasteiger partial charge in [-0.25, -0.2) is 0 Å². The molecule has 3 heteroatoms. The first-order valence-corrected chi connectivity index (χ1v) is 3.79. The van der Waals surface area contributed by atoms with Crippen LogP contribution < -0.4 is 5.73 Å². The van der Waals surface area contributed by atoms with Gasteiger partial charge in [-0.2, -0.15) is 0 Å². The summed E-state index contributed by atoms with van der Waals surface area (Å²) in [6.07, 6.45) is 1.70. The molecule has 1 fully saturated rings.